The van der Waals surface area contributed by atoms with Crippen LogP contribution in [0.4, 0.5) is 5.00 Å². The average Bonchev–Trinajstić information content (AvgIpc) is 3.41. The third-order valence-electron chi connectivity index (χ3n) is 5.07. The fourth-order valence-electron chi connectivity index (χ4n) is 3.46. The molecule has 1 aliphatic rings. The number of thioether (sulfide) groups is 1. The molecule has 0 radical (unpaired) electrons. The number of anilines is 1. The van der Waals surface area contributed by atoms with E-state index >= 15 is 0 Å². The van der Waals surface area contributed by atoms with E-state index in [1.165, 1.54) is 23.1 Å². The van der Waals surface area contributed by atoms with Gasteiger partial charge in [0.1, 0.15) is 28.4 Å². The molecule has 3 aromatic heterocycles. The van der Waals surface area contributed by atoms with Crippen molar-refractivity contribution < 1.29 is 9.21 Å². The van der Waals surface area contributed by atoms with Gasteiger partial charge >= 0.3 is 0 Å². The highest BCUT2D eigenvalue weighted by atomic mass is 32.2. The van der Waals surface area contributed by atoms with Crippen molar-refractivity contribution >= 4 is 46.2 Å². The number of rotatable bonds is 6. The van der Waals surface area contributed by atoms with Crippen molar-refractivity contribution in [2.75, 3.05) is 5.32 Å². The van der Waals surface area contributed by atoms with Crippen LogP contribution in [0.2, 0.25) is 0 Å². The summed E-state index contributed by atoms with van der Waals surface area (Å²) in [6.07, 6.45) is 8.91. The average molecular weight is 454 g/mol. The number of aromatic nitrogens is 3. The summed E-state index contributed by atoms with van der Waals surface area (Å²) in [6.45, 7) is 3.70. The van der Waals surface area contributed by atoms with E-state index in [1.54, 1.807) is 17.4 Å². The van der Waals surface area contributed by atoms with Gasteiger partial charge in [-0.1, -0.05) is 18.2 Å². The second-order valence-corrected chi connectivity index (χ2v) is 9.83. The van der Waals surface area contributed by atoms with Crippen LogP contribution in [0.1, 0.15) is 59.5 Å². The van der Waals surface area contributed by atoms with Crippen molar-refractivity contribution in [2.45, 2.75) is 56.4 Å². The fourth-order valence-corrected chi connectivity index (χ4v) is 5.44. The van der Waals surface area contributed by atoms with Gasteiger partial charge < -0.3 is 9.73 Å². The summed E-state index contributed by atoms with van der Waals surface area (Å²) in [7, 11) is 0. The molecular formula is C22H23N5O2S2. The summed E-state index contributed by atoms with van der Waals surface area (Å²) in [5.74, 6) is 2.00. The van der Waals surface area contributed by atoms with E-state index in [0.29, 0.717) is 21.5 Å². The molecule has 3 aromatic rings. The molecule has 0 aliphatic heterocycles. The number of nitrogens with one attached hydrogen (secondary N) is 2. The molecule has 0 aromatic carbocycles. The minimum Gasteiger partial charge on any atom is -0.462 e. The van der Waals surface area contributed by atoms with Gasteiger partial charge in [-0.05, 0) is 69.4 Å². The fraction of sp³-hybridized carbons (Fsp3) is 0.364. The lowest BCUT2D eigenvalue weighted by atomic mass is 10.1. The van der Waals surface area contributed by atoms with Crippen LogP contribution in [0.15, 0.2) is 21.7 Å². The molecule has 1 atom stereocenters. The number of H-pyrrole nitrogens is 1. The Balaban J connectivity index is 1.39. The number of carbonyl (C=O) groups excluding carboxylic acids is 1. The van der Waals surface area contributed by atoms with Crippen LogP contribution in [-0.2, 0) is 17.6 Å². The van der Waals surface area contributed by atoms with E-state index in [4.69, 9.17) is 4.42 Å². The molecule has 3 heterocycles. The van der Waals surface area contributed by atoms with Crippen molar-refractivity contribution in [3.8, 4) is 6.07 Å². The Morgan fingerprint density at radius 1 is 1.35 bits per heavy atom. The Morgan fingerprint density at radius 2 is 2.19 bits per heavy atom. The molecule has 2 N–H and O–H groups in total. The summed E-state index contributed by atoms with van der Waals surface area (Å²) in [5, 5.41) is 20.4. The number of hydrogen-bond acceptors (Lipinski definition) is 7. The number of fused-ring (bicyclic) bond motifs is 1. The maximum Gasteiger partial charge on any atom is 0.238 e. The molecule has 1 unspecified atom stereocenters. The molecule has 1 amide bonds. The smallest absolute Gasteiger partial charge is 0.238 e. The van der Waals surface area contributed by atoms with E-state index < -0.39 is 5.25 Å². The first-order valence-electron chi connectivity index (χ1n) is 10.2. The number of thiophene rings is 1. The zero-order valence-electron chi connectivity index (χ0n) is 17.4. The van der Waals surface area contributed by atoms with E-state index in [1.807, 2.05) is 32.1 Å². The van der Waals surface area contributed by atoms with E-state index in [2.05, 4.69) is 26.6 Å². The van der Waals surface area contributed by atoms with Crippen LogP contribution < -0.4 is 5.32 Å². The first-order chi connectivity index (χ1) is 15.0. The number of furan rings is 1. The zero-order valence-corrected chi connectivity index (χ0v) is 19.0. The Labute approximate surface area is 189 Å². The van der Waals surface area contributed by atoms with Crippen molar-refractivity contribution in [3.63, 3.8) is 0 Å². The Kier molecular flexibility index (Phi) is 6.59. The lowest BCUT2D eigenvalue weighted by Gasteiger charge is -2.09. The van der Waals surface area contributed by atoms with Gasteiger partial charge in [0.15, 0.2) is 0 Å². The molecule has 0 saturated heterocycles. The second kappa shape index (κ2) is 9.54. The second-order valence-electron chi connectivity index (χ2n) is 7.41. The van der Waals surface area contributed by atoms with Gasteiger partial charge in [-0.25, -0.2) is 4.98 Å². The Hall–Kier alpha value is -2.83. The van der Waals surface area contributed by atoms with Crippen molar-refractivity contribution in [2.24, 2.45) is 0 Å². The van der Waals surface area contributed by atoms with Gasteiger partial charge in [0.05, 0.1) is 10.8 Å². The maximum atomic E-state index is 12.8. The quantitative estimate of drug-likeness (QED) is 0.392. The highest BCUT2D eigenvalue weighted by Crippen LogP contribution is 2.37. The summed E-state index contributed by atoms with van der Waals surface area (Å²) < 4.78 is 5.49. The minimum atomic E-state index is -0.409. The monoisotopic (exact) mass is 453 g/mol. The summed E-state index contributed by atoms with van der Waals surface area (Å²) in [6, 6.07) is 6.07. The van der Waals surface area contributed by atoms with Gasteiger partial charge in [-0.15, -0.1) is 16.4 Å². The number of aromatic amines is 1. The molecule has 4 rings (SSSR count). The SMILES string of the molecule is Cc1ccc(/C=C/c2nc(SC(C)C(=O)Nc3sc4c(c3C#N)CCCCC4)n[nH]2)o1. The van der Waals surface area contributed by atoms with Crippen LogP contribution in [0.25, 0.3) is 12.2 Å². The number of amides is 1. The maximum absolute atomic E-state index is 12.8. The molecule has 160 valence electrons. The Bertz CT molecular complexity index is 1150. The third kappa shape index (κ3) is 5.09. The predicted molar refractivity (Wildman–Crippen MR) is 123 cm³/mol. The van der Waals surface area contributed by atoms with Gasteiger partial charge in [0.2, 0.25) is 11.1 Å². The highest BCUT2D eigenvalue weighted by Gasteiger charge is 2.23. The Morgan fingerprint density at radius 3 is 2.97 bits per heavy atom. The predicted octanol–water partition coefficient (Wildman–Crippen LogP) is 5.20. The van der Waals surface area contributed by atoms with Gasteiger partial charge in [0, 0.05) is 4.88 Å². The topological polar surface area (TPSA) is 108 Å². The van der Waals surface area contributed by atoms with E-state index in [0.717, 1.165) is 42.8 Å². The third-order valence-corrected chi connectivity index (χ3v) is 7.24. The largest absolute Gasteiger partial charge is 0.462 e. The first kappa shape index (κ1) is 21.4. The number of aryl methyl sites for hydroxylation is 2. The minimum absolute atomic E-state index is 0.161. The van der Waals surface area contributed by atoms with Crippen LogP contribution in [0.3, 0.4) is 0 Å². The number of nitrogens with zero attached hydrogens (tertiary/aromatic N) is 3. The molecule has 31 heavy (non-hydrogen) atoms. The summed E-state index contributed by atoms with van der Waals surface area (Å²) in [5.41, 5.74) is 1.75. The first-order valence-corrected chi connectivity index (χ1v) is 11.9. The van der Waals surface area contributed by atoms with Crippen molar-refractivity contribution in [3.05, 3.63) is 45.5 Å². The van der Waals surface area contributed by atoms with Gasteiger partial charge in [0.25, 0.3) is 0 Å². The number of hydrogen-bond donors (Lipinski definition) is 2. The molecule has 9 heteroatoms. The summed E-state index contributed by atoms with van der Waals surface area (Å²) >= 11 is 2.81. The number of carbonyl (C=O) groups is 1. The summed E-state index contributed by atoms with van der Waals surface area (Å²) in [4.78, 5) is 18.4. The molecule has 7 nitrogen and oxygen atoms in total. The molecule has 0 spiro atoms. The van der Waals surface area contributed by atoms with Crippen molar-refractivity contribution in [1.82, 2.24) is 15.2 Å². The van der Waals surface area contributed by atoms with E-state index in [9.17, 15) is 10.1 Å². The lowest BCUT2D eigenvalue weighted by molar-refractivity contribution is -0.115. The van der Waals surface area contributed by atoms with Crippen LogP contribution >= 0.6 is 23.1 Å². The van der Waals surface area contributed by atoms with Crippen molar-refractivity contribution in [1.29, 1.82) is 5.26 Å². The standard InChI is InChI=1S/C22H23N5O2S2/c1-13-8-9-15(29-13)10-11-19-24-22(27-26-19)30-14(2)20(28)25-21-17(12-23)16-6-4-3-5-7-18(16)31-21/h8-11,14H,3-7H2,1-2H3,(H,25,28)(H,24,26,27)/b11-10+. The number of nitriles is 1. The van der Waals surface area contributed by atoms with Crippen LogP contribution in [-0.4, -0.2) is 26.3 Å². The normalized spacial score (nSPS) is 14.7. The molecular weight excluding hydrogens is 430 g/mol. The van der Waals surface area contributed by atoms with Gasteiger partial charge in [-0.2, -0.15) is 5.26 Å². The molecule has 0 bridgehead atoms. The zero-order chi connectivity index (χ0) is 21.8. The van der Waals surface area contributed by atoms with Crippen LogP contribution in [0, 0.1) is 18.3 Å². The lowest BCUT2D eigenvalue weighted by Crippen LogP contribution is -2.22. The molecule has 0 fully saturated rings. The molecule has 0 saturated carbocycles. The van der Waals surface area contributed by atoms with E-state index in [-0.39, 0.29) is 5.91 Å². The van der Waals surface area contributed by atoms with Crippen LogP contribution in [0.5, 0.6) is 0 Å². The highest BCUT2D eigenvalue weighted by molar-refractivity contribution is 8.00. The molecule has 1 aliphatic carbocycles. The van der Waals surface area contributed by atoms with Gasteiger partial charge in [-0.3, -0.25) is 9.89 Å².